The number of carbonyl (C=O) groups is 1. The zero-order chi connectivity index (χ0) is 20.4. The number of carbonyl (C=O) groups excluding carboxylic acids is 1. The number of amides is 1. The average Bonchev–Trinajstić information content (AvgIpc) is 3.18. The van der Waals surface area contributed by atoms with Crippen LogP contribution in [0.5, 0.6) is 0 Å². The second kappa shape index (κ2) is 11.6. The van der Waals surface area contributed by atoms with Crippen LogP contribution in [0.4, 0.5) is 0 Å². The largest absolute Gasteiger partial charge is 0.441 e. The number of nitrogens with zero attached hydrogens (tertiary/aromatic N) is 2. The molecule has 1 aromatic carbocycles. The number of aromatic nitrogens is 1. The predicted molar refractivity (Wildman–Crippen MR) is 114 cm³/mol. The maximum atomic E-state index is 12.0. The lowest BCUT2D eigenvalue weighted by Crippen LogP contribution is -2.27. The third kappa shape index (κ3) is 7.12. The lowest BCUT2D eigenvalue weighted by molar-refractivity contribution is -0.121. The van der Waals surface area contributed by atoms with Crippen molar-refractivity contribution in [1.82, 2.24) is 15.2 Å². The van der Waals surface area contributed by atoms with Crippen molar-refractivity contribution >= 4 is 5.91 Å². The van der Waals surface area contributed by atoms with Gasteiger partial charge in [-0.15, -0.1) is 0 Å². The van der Waals surface area contributed by atoms with E-state index in [0.29, 0.717) is 24.7 Å². The molecule has 1 aromatic heterocycles. The molecule has 0 unspecified atom stereocenters. The third-order valence-corrected chi connectivity index (χ3v) is 5.10. The van der Waals surface area contributed by atoms with Gasteiger partial charge in [0.25, 0.3) is 0 Å². The molecule has 0 aliphatic heterocycles. The minimum atomic E-state index is 0.0591. The van der Waals surface area contributed by atoms with Crippen LogP contribution in [0, 0.1) is 0 Å². The molecule has 5 nitrogen and oxygen atoms in total. The smallest absolute Gasteiger partial charge is 0.220 e. The summed E-state index contributed by atoms with van der Waals surface area (Å²) in [5, 5.41) is 2.99. The van der Waals surface area contributed by atoms with Crippen LogP contribution >= 0.6 is 0 Å². The second-order valence-electron chi connectivity index (χ2n) is 7.48. The Labute approximate surface area is 169 Å². The summed E-state index contributed by atoms with van der Waals surface area (Å²) >= 11 is 0. The minimum Gasteiger partial charge on any atom is -0.441 e. The van der Waals surface area contributed by atoms with Gasteiger partial charge in [-0.3, -0.25) is 4.79 Å². The van der Waals surface area contributed by atoms with E-state index in [4.69, 9.17) is 4.42 Å². The van der Waals surface area contributed by atoms with E-state index < -0.39 is 0 Å². The van der Waals surface area contributed by atoms with E-state index in [1.165, 1.54) is 5.56 Å². The zero-order valence-electron chi connectivity index (χ0n) is 17.8. The van der Waals surface area contributed by atoms with Crippen molar-refractivity contribution in [3.63, 3.8) is 0 Å². The first-order valence-corrected chi connectivity index (χ1v) is 10.6. The Kier molecular flexibility index (Phi) is 9.21. The molecule has 1 heterocycles. The Hall–Kier alpha value is -2.14. The fourth-order valence-electron chi connectivity index (χ4n) is 3.13. The Balaban J connectivity index is 1.70. The van der Waals surface area contributed by atoms with Gasteiger partial charge < -0.3 is 14.6 Å². The Morgan fingerprint density at radius 3 is 2.50 bits per heavy atom. The van der Waals surface area contributed by atoms with Crippen LogP contribution in [0.1, 0.15) is 64.3 Å². The van der Waals surface area contributed by atoms with Crippen LogP contribution in [0.2, 0.25) is 0 Å². The van der Waals surface area contributed by atoms with E-state index in [1.54, 1.807) is 6.20 Å². The minimum absolute atomic E-state index is 0.0591. The van der Waals surface area contributed by atoms with Crippen molar-refractivity contribution in [1.29, 1.82) is 0 Å². The van der Waals surface area contributed by atoms with Gasteiger partial charge in [0.1, 0.15) is 0 Å². The van der Waals surface area contributed by atoms with Crippen LogP contribution in [0.3, 0.4) is 0 Å². The van der Waals surface area contributed by atoms with Gasteiger partial charge in [-0.1, -0.05) is 52.0 Å². The summed E-state index contributed by atoms with van der Waals surface area (Å²) in [6.07, 6.45) is 4.79. The summed E-state index contributed by atoms with van der Waals surface area (Å²) in [5.41, 5.74) is 2.32. The average molecular weight is 386 g/mol. The number of benzene rings is 1. The van der Waals surface area contributed by atoms with Gasteiger partial charge in [0.2, 0.25) is 5.91 Å². The number of nitrogens with one attached hydrogen (secondary N) is 1. The van der Waals surface area contributed by atoms with Gasteiger partial charge in [-0.2, -0.15) is 0 Å². The number of hydrogen-bond donors (Lipinski definition) is 1. The monoisotopic (exact) mass is 385 g/mol. The SMILES string of the molecule is CCN(CC)CCCCNC(=O)CCc1ncc(-c2ccc(C(C)C)cc2)o1. The van der Waals surface area contributed by atoms with Gasteiger partial charge >= 0.3 is 0 Å². The number of rotatable bonds is 12. The second-order valence-corrected chi connectivity index (χ2v) is 7.48. The number of aryl methyl sites for hydroxylation is 1. The Bertz CT molecular complexity index is 703. The summed E-state index contributed by atoms with van der Waals surface area (Å²) in [6, 6.07) is 8.36. The fourth-order valence-corrected chi connectivity index (χ4v) is 3.13. The van der Waals surface area contributed by atoms with E-state index in [9.17, 15) is 4.79 Å². The topological polar surface area (TPSA) is 58.4 Å². The first-order chi connectivity index (χ1) is 13.5. The normalized spacial score (nSPS) is 11.4. The van der Waals surface area contributed by atoms with Crippen LogP contribution in [0.25, 0.3) is 11.3 Å². The fraction of sp³-hybridized carbons (Fsp3) is 0.565. The quantitative estimate of drug-likeness (QED) is 0.541. The third-order valence-electron chi connectivity index (χ3n) is 5.10. The molecule has 0 spiro atoms. The number of oxazole rings is 1. The standard InChI is InChI=1S/C23H35N3O2/c1-5-26(6-2)16-8-7-15-24-22(27)13-14-23-25-17-21(28-23)20-11-9-19(10-12-20)18(3)4/h9-12,17-18H,5-8,13-16H2,1-4H3,(H,24,27). The molecule has 0 fully saturated rings. The van der Waals surface area contributed by atoms with Crippen LogP contribution < -0.4 is 5.32 Å². The first-order valence-electron chi connectivity index (χ1n) is 10.6. The molecular formula is C23H35N3O2. The highest BCUT2D eigenvalue weighted by atomic mass is 16.4. The molecule has 1 N–H and O–H groups in total. The van der Waals surface area contributed by atoms with Crippen molar-refractivity contribution < 1.29 is 9.21 Å². The van der Waals surface area contributed by atoms with Crippen LogP contribution in [0.15, 0.2) is 34.9 Å². The van der Waals surface area contributed by atoms with Gasteiger partial charge in [0, 0.05) is 24.9 Å². The van der Waals surface area contributed by atoms with E-state index in [2.05, 4.69) is 67.2 Å². The van der Waals surface area contributed by atoms with Gasteiger partial charge in [-0.25, -0.2) is 4.98 Å². The van der Waals surface area contributed by atoms with Gasteiger partial charge in [0.15, 0.2) is 11.7 Å². The van der Waals surface area contributed by atoms with Crippen molar-refractivity contribution in [2.75, 3.05) is 26.2 Å². The molecule has 0 aliphatic rings. The van der Waals surface area contributed by atoms with E-state index in [-0.39, 0.29) is 5.91 Å². The van der Waals surface area contributed by atoms with Crippen molar-refractivity contribution in [2.45, 2.75) is 59.3 Å². The van der Waals surface area contributed by atoms with Crippen molar-refractivity contribution in [3.8, 4) is 11.3 Å². The zero-order valence-corrected chi connectivity index (χ0v) is 17.8. The maximum absolute atomic E-state index is 12.0. The first kappa shape index (κ1) is 22.2. The lowest BCUT2D eigenvalue weighted by Gasteiger charge is -2.17. The lowest BCUT2D eigenvalue weighted by atomic mass is 10.0. The number of hydrogen-bond acceptors (Lipinski definition) is 4. The summed E-state index contributed by atoms with van der Waals surface area (Å²) in [6.45, 7) is 12.7. The Morgan fingerprint density at radius 2 is 1.86 bits per heavy atom. The van der Waals surface area contributed by atoms with E-state index in [0.717, 1.165) is 50.3 Å². The maximum Gasteiger partial charge on any atom is 0.220 e. The molecule has 0 saturated heterocycles. The number of unbranched alkanes of at least 4 members (excludes halogenated alkanes) is 1. The van der Waals surface area contributed by atoms with Crippen molar-refractivity contribution in [2.24, 2.45) is 0 Å². The highest BCUT2D eigenvalue weighted by Crippen LogP contribution is 2.23. The molecule has 0 atom stereocenters. The molecule has 0 radical (unpaired) electrons. The summed E-state index contributed by atoms with van der Waals surface area (Å²) in [7, 11) is 0. The summed E-state index contributed by atoms with van der Waals surface area (Å²) in [4.78, 5) is 18.7. The van der Waals surface area contributed by atoms with E-state index in [1.807, 2.05) is 0 Å². The molecule has 0 aliphatic carbocycles. The highest BCUT2D eigenvalue weighted by molar-refractivity contribution is 5.76. The molecule has 1 amide bonds. The van der Waals surface area contributed by atoms with Crippen LogP contribution in [-0.2, 0) is 11.2 Å². The van der Waals surface area contributed by atoms with Gasteiger partial charge in [-0.05, 0) is 44.0 Å². The van der Waals surface area contributed by atoms with Crippen LogP contribution in [-0.4, -0.2) is 42.0 Å². The Morgan fingerprint density at radius 1 is 1.14 bits per heavy atom. The highest BCUT2D eigenvalue weighted by Gasteiger charge is 2.09. The molecule has 154 valence electrons. The molecule has 2 aromatic rings. The molecule has 28 heavy (non-hydrogen) atoms. The van der Waals surface area contributed by atoms with E-state index >= 15 is 0 Å². The molecular weight excluding hydrogens is 350 g/mol. The van der Waals surface area contributed by atoms with Crippen molar-refractivity contribution in [3.05, 3.63) is 41.9 Å². The molecule has 0 bridgehead atoms. The summed E-state index contributed by atoms with van der Waals surface area (Å²) in [5.74, 6) is 1.93. The van der Waals surface area contributed by atoms with Gasteiger partial charge in [0.05, 0.1) is 6.20 Å². The molecule has 0 saturated carbocycles. The summed E-state index contributed by atoms with van der Waals surface area (Å²) < 4.78 is 5.82. The molecule has 5 heteroatoms. The molecule has 2 rings (SSSR count). The predicted octanol–water partition coefficient (Wildman–Crippen LogP) is 4.64.